The van der Waals surface area contributed by atoms with Gasteiger partial charge in [0.1, 0.15) is 0 Å². The van der Waals surface area contributed by atoms with Crippen LogP contribution in [0.3, 0.4) is 0 Å². The molecule has 0 aliphatic carbocycles. The van der Waals surface area contributed by atoms with Crippen molar-refractivity contribution in [2.24, 2.45) is 0 Å². The first-order valence-electron chi connectivity index (χ1n) is 8.05. The summed E-state index contributed by atoms with van der Waals surface area (Å²) in [7, 11) is 0. The van der Waals surface area contributed by atoms with Gasteiger partial charge >= 0.3 is 0 Å². The lowest BCUT2D eigenvalue weighted by molar-refractivity contribution is -0.122. The Bertz CT molecular complexity index is 874. The zero-order chi connectivity index (χ0) is 17.8. The minimum absolute atomic E-state index is 0.246. The summed E-state index contributed by atoms with van der Waals surface area (Å²) in [5, 5.41) is 7.26. The first kappa shape index (κ1) is 16.7. The zero-order valence-electron chi connectivity index (χ0n) is 14.4. The van der Waals surface area contributed by atoms with Gasteiger partial charge in [-0.2, -0.15) is 0 Å². The van der Waals surface area contributed by atoms with E-state index in [1.54, 1.807) is 23.9 Å². The second-order valence-electron chi connectivity index (χ2n) is 5.78. The van der Waals surface area contributed by atoms with Crippen LogP contribution in [0.4, 0.5) is 5.69 Å². The van der Waals surface area contributed by atoms with E-state index < -0.39 is 6.10 Å². The number of anilines is 1. The van der Waals surface area contributed by atoms with Gasteiger partial charge in [0.15, 0.2) is 6.10 Å². The molecule has 128 valence electrons. The molecule has 0 saturated heterocycles. The smallest absolute Gasteiger partial charge is 0.265 e. The van der Waals surface area contributed by atoms with Crippen LogP contribution in [0.25, 0.3) is 5.69 Å². The molecular formula is C19H20N4O2. The van der Waals surface area contributed by atoms with Crippen molar-refractivity contribution in [2.45, 2.75) is 26.9 Å². The van der Waals surface area contributed by atoms with Crippen molar-refractivity contribution < 1.29 is 9.53 Å². The summed E-state index contributed by atoms with van der Waals surface area (Å²) in [4.78, 5) is 16.5. The Kier molecular flexibility index (Phi) is 4.79. The molecule has 0 fully saturated rings. The fraction of sp³-hybridized carbons (Fsp3) is 0.211. The van der Waals surface area contributed by atoms with Crippen molar-refractivity contribution in [3.05, 3.63) is 66.1 Å². The summed E-state index contributed by atoms with van der Waals surface area (Å²) in [5.41, 5.74) is 3.23. The number of nitrogens with zero attached hydrogens (tertiary/aromatic N) is 3. The van der Waals surface area contributed by atoms with Crippen LogP contribution in [0, 0.1) is 13.8 Å². The van der Waals surface area contributed by atoms with E-state index in [1.165, 1.54) is 0 Å². The number of hydrogen-bond acceptors (Lipinski definition) is 4. The highest BCUT2D eigenvalue weighted by Gasteiger charge is 2.19. The molecule has 0 radical (unpaired) electrons. The average Bonchev–Trinajstić information content (AvgIpc) is 2.98. The maximum atomic E-state index is 12.4. The Morgan fingerprint density at radius 2 is 1.92 bits per heavy atom. The topological polar surface area (TPSA) is 69.0 Å². The van der Waals surface area contributed by atoms with Crippen molar-refractivity contribution in [3.63, 3.8) is 0 Å². The van der Waals surface area contributed by atoms with E-state index in [2.05, 4.69) is 15.4 Å². The number of hydrogen-bond donors (Lipinski definition) is 1. The maximum absolute atomic E-state index is 12.4. The Hall–Kier alpha value is -3.15. The number of pyridine rings is 1. The zero-order valence-corrected chi connectivity index (χ0v) is 14.4. The molecular weight excluding hydrogens is 316 g/mol. The van der Waals surface area contributed by atoms with Gasteiger partial charge < -0.3 is 10.1 Å². The highest BCUT2D eigenvalue weighted by Crippen LogP contribution is 2.19. The number of carbonyl (C=O) groups excluding carboxylic acids is 1. The lowest BCUT2D eigenvalue weighted by Gasteiger charge is -2.14. The highest BCUT2D eigenvalue weighted by molar-refractivity contribution is 5.94. The van der Waals surface area contributed by atoms with E-state index in [-0.39, 0.29) is 5.91 Å². The molecule has 2 heterocycles. The third kappa shape index (κ3) is 3.85. The van der Waals surface area contributed by atoms with Crippen LogP contribution in [-0.2, 0) is 4.79 Å². The van der Waals surface area contributed by atoms with Gasteiger partial charge in [-0.15, -0.1) is 5.10 Å². The van der Waals surface area contributed by atoms with Crippen LogP contribution in [-0.4, -0.2) is 26.8 Å². The number of benzene rings is 1. The largest absolute Gasteiger partial charge is 0.463 e. The minimum Gasteiger partial charge on any atom is -0.463 e. The van der Waals surface area contributed by atoms with Crippen LogP contribution >= 0.6 is 0 Å². The van der Waals surface area contributed by atoms with Crippen LogP contribution in [0.2, 0.25) is 0 Å². The second kappa shape index (κ2) is 7.17. The van der Waals surface area contributed by atoms with Crippen LogP contribution in [0.1, 0.15) is 18.2 Å². The van der Waals surface area contributed by atoms with E-state index >= 15 is 0 Å². The van der Waals surface area contributed by atoms with Gasteiger partial charge in [-0.1, -0.05) is 18.2 Å². The van der Waals surface area contributed by atoms with Crippen molar-refractivity contribution >= 4 is 11.6 Å². The van der Waals surface area contributed by atoms with E-state index in [0.29, 0.717) is 11.6 Å². The normalized spacial score (nSPS) is 11.8. The molecule has 1 N–H and O–H groups in total. The number of ether oxygens (including phenoxy) is 1. The lowest BCUT2D eigenvalue weighted by atomic mass is 10.3. The number of rotatable bonds is 5. The SMILES string of the molecule is Cc1cn(-c2ccccc2)nc1O[C@H](C)C(=O)Nc1cccnc1C. The van der Waals surface area contributed by atoms with Crippen molar-refractivity contribution in [3.8, 4) is 11.6 Å². The summed E-state index contributed by atoms with van der Waals surface area (Å²) in [6, 6.07) is 13.3. The summed E-state index contributed by atoms with van der Waals surface area (Å²) >= 11 is 0. The van der Waals surface area contributed by atoms with Crippen LogP contribution in [0.5, 0.6) is 5.88 Å². The fourth-order valence-corrected chi connectivity index (χ4v) is 2.35. The molecule has 6 heteroatoms. The quantitative estimate of drug-likeness (QED) is 0.776. The van der Waals surface area contributed by atoms with E-state index in [1.807, 2.05) is 56.4 Å². The molecule has 1 atom stereocenters. The van der Waals surface area contributed by atoms with Gasteiger partial charge in [0.25, 0.3) is 5.91 Å². The number of para-hydroxylation sites is 1. The standard InChI is InChI=1S/C19H20N4O2/c1-13-12-23(16-8-5-4-6-9-16)22-19(13)25-15(3)18(24)21-17-10-7-11-20-14(17)2/h4-12,15H,1-3H3,(H,21,24)/t15-/m1/s1. The van der Waals surface area contributed by atoms with Crippen molar-refractivity contribution in [1.82, 2.24) is 14.8 Å². The number of carbonyl (C=O) groups is 1. The van der Waals surface area contributed by atoms with Gasteiger partial charge in [-0.25, -0.2) is 4.68 Å². The summed E-state index contributed by atoms with van der Waals surface area (Å²) in [5.74, 6) is 0.194. The third-order valence-electron chi connectivity index (χ3n) is 3.80. The van der Waals surface area contributed by atoms with E-state index in [4.69, 9.17) is 4.74 Å². The van der Waals surface area contributed by atoms with E-state index in [9.17, 15) is 4.79 Å². The van der Waals surface area contributed by atoms with Crippen molar-refractivity contribution in [1.29, 1.82) is 0 Å². The molecule has 1 aromatic carbocycles. The van der Waals surface area contributed by atoms with Crippen molar-refractivity contribution in [2.75, 3.05) is 5.32 Å². The van der Waals surface area contributed by atoms with Gasteiger partial charge in [-0.05, 0) is 45.0 Å². The predicted molar refractivity (Wildman–Crippen MR) is 96.0 cm³/mol. The Morgan fingerprint density at radius 1 is 1.16 bits per heavy atom. The molecule has 0 unspecified atom stereocenters. The van der Waals surface area contributed by atoms with Crippen LogP contribution < -0.4 is 10.1 Å². The molecule has 2 aromatic heterocycles. The molecule has 0 aliphatic heterocycles. The Labute approximate surface area is 146 Å². The Balaban J connectivity index is 1.71. The summed E-state index contributed by atoms with van der Waals surface area (Å²) in [6.45, 7) is 5.44. The molecule has 0 bridgehead atoms. The minimum atomic E-state index is -0.683. The molecule has 0 saturated carbocycles. The fourth-order valence-electron chi connectivity index (χ4n) is 2.35. The number of nitrogens with one attached hydrogen (secondary N) is 1. The highest BCUT2D eigenvalue weighted by atomic mass is 16.5. The number of aromatic nitrogens is 3. The number of amides is 1. The molecule has 0 aliphatic rings. The van der Waals surface area contributed by atoms with E-state index in [0.717, 1.165) is 16.9 Å². The first-order chi connectivity index (χ1) is 12.0. The van der Waals surface area contributed by atoms with Crippen LogP contribution in [0.15, 0.2) is 54.9 Å². The molecule has 3 rings (SSSR count). The molecule has 1 amide bonds. The van der Waals surface area contributed by atoms with Gasteiger partial charge in [-0.3, -0.25) is 9.78 Å². The molecule has 0 spiro atoms. The van der Waals surface area contributed by atoms with Gasteiger partial charge in [0, 0.05) is 18.0 Å². The monoisotopic (exact) mass is 336 g/mol. The third-order valence-corrected chi connectivity index (χ3v) is 3.80. The maximum Gasteiger partial charge on any atom is 0.265 e. The average molecular weight is 336 g/mol. The Morgan fingerprint density at radius 3 is 2.64 bits per heavy atom. The predicted octanol–water partition coefficient (Wildman–Crippen LogP) is 3.29. The molecule has 6 nitrogen and oxygen atoms in total. The summed E-state index contributed by atoms with van der Waals surface area (Å²) in [6.07, 6.45) is 2.88. The van der Waals surface area contributed by atoms with Gasteiger partial charge in [0.2, 0.25) is 5.88 Å². The molecule has 3 aromatic rings. The molecule has 25 heavy (non-hydrogen) atoms. The van der Waals surface area contributed by atoms with Gasteiger partial charge in [0.05, 0.1) is 17.1 Å². The lowest BCUT2D eigenvalue weighted by Crippen LogP contribution is -2.30. The number of aryl methyl sites for hydroxylation is 2. The second-order valence-corrected chi connectivity index (χ2v) is 5.78. The summed E-state index contributed by atoms with van der Waals surface area (Å²) < 4.78 is 7.49. The first-order valence-corrected chi connectivity index (χ1v) is 8.05.